The fraction of sp³-hybridized carbons (Fsp3) is 0.345. The molecule has 6 rings (SSSR count). The molecule has 0 saturated carbocycles. The van der Waals surface area contributed by atoms with Gasteiger partial charge in [0.05, 0.1) is 11.4 Å². The van der Waals surface area contributed by atoms with E-state index in [-0.39, 0.29) is 0 Å². The van der Waals surface area contributed by atoms with Crippen LogP contribution in [0.2, 0.25) is 0 Å². The Morgan fingerprint density at radius 2 is 1.87 bits per heavy atom. The van der Waals surface area contributed by atoms with Crippen LogP contribution in [0, 0.1) is 17.0 Å². The summed E-state index contributed by atoms with van der Waals surface area (Å²) in [6.45, 7) is 9.34. The van der Waals surface area contributed by atoms with Gasteiger partial charge in [-0.25, -0.2) is 13.8 Å². The number of likely N-dealkylation sites (tertiary alicyclic amines) is 1. The molecule has 7 nitrogen and oxygen atoms in total. The molecular weight excluding hydrogens is 486 g/mol. The Kier molecular flexibility index (Phi) is 6.31. The van der Waals surface area contributed by atoms with Gasteiger partial charge in [0, 0.05) is 74.0 Å². The van der Waals surface area contributed by atoms with Gasteiger partial charge in [-0.2, -0.15) is 0 Å². The van der Waals surface area contributed by atoms with Gasteiger partial charge in [-0.3, -0.25) is 9.88 Å². The summed E-state index contributed by atoms with van der Waals surface area (Å²) in [4.78, 5) is 19.3. The predicted molar refractivity (Wildman–Crippen MR) is 142 cm³/mol. The van der Waals surface area contributed by atoms with Crippen LogP contribution in [0.15, 0.2) is 66.2 Å². The average molecular weight is 517 g/mol. The fourth-order valence-electron chi connectivity index (χ4n) is 5.49. The molecule has 2 aliphatic rings. The number of anilines is 1. The summed E-state index contributed by atoms with van der Waals surface area (Å²) in [5, 5.41) is 4.11. The van der Waals surface area contributed by atoms with E-state index < -0.39 is 11.6 Å². The van der Waals surface area contributed by atoms with Crippen molar-refractivity contribution in [3.63, 3.8) is 0 Å². The highest BCUT2D eigenvalue weighted by atomic mass is 19.2. The normalized spacial score (nSPS) is 17.1. The van der Waals surface area contributed by atoms with E-state index in [0.29, 0.717) is 29.0 Å². The van der Waals surface area contributed by atoms with Crippen molar-refractivity contribution in [2.75, 3.05) is 37.7 Å². The zero-order valence-electron chi connectivity index (χ0n) is 21.6. The predicted octanol–water partition coefficient (Wildman–Crippen LogP) is 4.68. The maximum Gasteiger partial charge on any atom is 0.159 e. The second-order valence-corrected chi connectivity index (χ2v) is 10.3. The Labute approximate surface area is 220 Å². The van der Waals surface area contributed by atoms with Gasteiger partial charge in [0.2, 0.25) is 0 Å². The van der Waals surface area contributed by atoms with E-state index in [1.165, 1.54) is 11.8 Å². The average Bonchev–Trinajstić information content (AvgIpc) is 3.30. The molecule has 2 saturated heterocycles. The highest BCUT2D eigenvalue weighted by Gasteiger charge is 2.51. The van der Waals surface area contributed by atoms with Crippen LogP contribution < -0.4 is 4.90 Å². The Hall–Kier alpha value is -3.85. The minimum Gasteiger partial charge on any atom is -0.396 e. The Morgan fingerprint density at radius 1 is 1.03 bits per heavy atom. The largest absolute Gasteiger partial charge is 0.396 e. The Bertz CT molecular complexity index is 1480. The summed E-state index contributed by atoms with van der Waals surface area (Å²) in [7, 11) is 0. The van der Waals surface area contributed by atoms with E-state index in [2.05, 4.69) is 55.8 Å². The first-order chi connectivity index (χ1) is 18.4. The smallest absolute Gasteiger partial charge is 0.159 e. The first-order valence-corrected chi connectivity index (χ1v) is 13.0. The first-order valence-electron chi connectivity index (χ1n) is 13.0. The monoisotopic (exact) mass is 516 g/mol. The van der Waals surface area contributed by atoms with Crippen molar-refractivity contribution in [2.45, 2.75) is 26.8 Å². The molecule has 5 heterocycles. The number of aryl methyl sites for hydroxylation is 1. The lowest BCUT2D eigenvalue weighted by Crippen LogP contribution is -2.71. The zero-order chi connectivity index (χ0) is 26.3. The number of hydrogen-bond acceptors (Lipinski definition) is 6. The van der Waals surface area contributed by atoms with Crippen molar-refractivity contribution >= 4 is 17.0 Å². The third kappa shape index (κ3) is 4.62. The highest BCUT2D eigenvalue weighted by molar-refractivity contribution is 6.11. The maximum atomic E-state index is 13.8. The molecule has 0 unspecified atom stereocenters. The lowest BCUT2D eigenvalue weighted by atomic mass is 9.72. The summed E-state index contributed by atoms with van der Waals surface area (Å²) in [5.41, 5.74) is 6.13. The molecule has 3 aromatic heterocycles. The topological polar surface area (TPSA) is 58.3 Å². The minimum absolute atomic E-state index is 0.355. The van der Waals surface area contributed by atoms with Gasteiger partial charge in [-0.1, -0.05) is 18.1 Å². The summed E-state index contributed by atoms with van der Waals surface area (Å²) < 4.78 is 29.3. The van der Waals surface area contributed by atoms with E-state index in [0.717, 1.165) is 68.2 Å². The van der Waals surface area contributed by atoms with Gasteiger partial charge >= 0.3 is 0 Å². The molecule has 0 bridgehead atoms. The lowest BCUT2D eigenvalue weighted by molar-refractivity contribution is -0.0273. The molecule has 0 amide bonds. The van der Waals surface area contributed by atoms with Crippen LogP contribution in [0.3, 0.4) is 0 Å². The fourth-order valence-corrected chi connectivity index (χ4v) is 5.49. The van der Waals surface area contributed by atoms with Crippen LogP contribution in [0.25, 0.3) is 5.65 Å². The van der Waals surface area contributed by atoms with Crippen molar-refractivity contribution in [3.8, 4) is 0 Å². The van der Waals surface area contributed by atoms with Gasteiger partial charge in [0.15, 0.2) is 11.6 Å². The van der Waals surface area contributed by atoms with Crippen LogP contribution in [0.4, 0.5) is 14.5 Å². The highest BCUT2D eigenvalue weighted by Crippen LogP contribution is 2.42. The van der Waals surface area contributed by atoms with Crippen LogP contribution in [-0.4, -0.2) is 57.8 Å². The van der Waals surface area contributed by atoms with E-state index in [1.54, 1.807) is 0 Å². The molecular formula is C29H30F2N6O. The molecule has 0 radical (unpaired) electrons. The molecule has 2 aliphatic heterocycles. The number of halogens is 2. The molecule has 4 aromatic rings. The number of pyridine rings is 2. The zero-order valence-corrected chi connectivity index (χ0v) is 21.6. The van der Waals surface area contributed by atoms with E-state index >= 15 is 0 Å². The van der Waals surface area contributed by atoms with Gasteiger partial charge in [0.1, 0.15) is 18.0 Å². The van der Waals surface area contributed by atoms with Crippen LogP contribution >= 0.6 is 0 Å². The third-order valence-electron chi connectivity index (χ3n) is 7.34. The number of benzene rings is 1. The summed E-state index contributed by atoms with van der Waals surface area (Å²) >= 11 is 0. The van der Waals surface area contributed by atoms with Gasteiger partial charge in [-0.15, -0.1) is 0 Å². The van der Waals surface area contributed by atoms with Crippen LogP contribution in [0.1, 0.15) is 36.4 Å². The standard InChI is InChI=1S/C29H30F2N6O/c1-3-22-15-36-10-9-23(12-27(36)33-22)37-18-29(19-37)16-35(17-29)14-20-5-8-26(32-13-20)28(34-38-4-2)21-6-7-24(30)25(31)11-21/h5-13,15H,3-4,14,16-19H2,1-2H3. The van der Waals surface area contributed by atoms with Crippen LogP contribution in [-0.2, 0) is 17.8 Å². The van der Waals surface area contributed by atoms with Gasteiger partial charge in [0.25, 0.3) is 0 Å². The number of fused-ring (bicyclic) bond motifs is 1. The molecule has 38 heavy (non-hydrogen) atoms. The molecule has 0 atom stereocenters. The maximum absolute atomic E-state index is 13.8. The number of nitrogens with zero attached hydrogens (tertiary/aromatic N) is 6. The van der Waals surface area contributed by atoms with E-state index in [1.807, 2.05) is 25.3 Å². The first kappa shape index (κ1) is 24.5. The summed E-state index contributed by atoms with van der Waals surface area (Å²) in [6.07, 6.45) is 6.95. The number of rotatable bonds is 8. The van der Waals surface area contributed by atoms with Crippen LogP contribution in [0.5, 0.6) is 0 Å². The second-order valence-electron chi connectivity index (χ2n) is 10.3. The van der Waals surface area contributed by atoms with E-state index in [9.17, 15) is 8.78 Å². The summed E-state index contributed by atoms with van der Waals surface area (Å²) in [6, 6.07) is 11.9. The minimum atomic E-state index is -0.933. The molecule has 1 aromatic carbocycles. The van der Waals surface area contributed by atoms with Gasteiger partial charge < -0.3 is 14.1 Å². The Balaban J connectivity index is 1.06. The number of imidazole rings is 1. The molecule has 9 heteroatoms. The molecule has 1 spiro atoms. The molecule has 196 valence electrons. The quantitative estimate of drug-likeness (QED) is 0.251. The van der Waals surface area contributed by atoms with Crippen molar-refractivity contribution in [1.29, 1.82) is 0 Å². The molecule has 0 aliphatic carbocycles. The van der Waals surface area contributed by atoms with Crippen molar-refractivity contribution in [2.24, 2.45) is 10.6 Å². The second kappa shape index (κ2) is 9.79. The number of hydrogen-bond donors (Lipinski definition) is 0. The Morgan fingerprint density at radius 3 is 2.58 bits per heavy atom. The molecule has 2 fully saturated rings. The van der Waals surface area contributed by atoms with E-state index in [4.69, 9.17) is 9.82 Å². The summed E-state index contributed by atoms with van der Waals surface area (Å²) in [5.74, 6) is -1.84. The van der Waals surface area contributed by atoms with Crippen molar-refractivity contribution in [1.82, 2.24) is 19.3 Å². The number of aromatic nitrogens is 3. The SMILES string of the molecule is CCON=C(c1ccc(F)c(F)c1)c1ccc(CN2CC3(C2)CN(c2ccn4cc(CC)nc4c2)C3)cn1. The van der Waals surface area contributed by atoms with Gasteiger partial charge in [-0.05, 0) is 49.2 Å². The third-order valence-corrected chi connectivity index (χ3v) is 7.34. The van der Waals surface area contributed by atoms with Crippen molar-refractivity contribution in [3.05, 3.63) is 95.2 Å². The molecule has 0 N–H and O–H groups in total. The lowest BCUT2D eigenvalue weighted by Gasteiger charge is -2.61. The number of oxime groups is 1. The van der Waals surface area contributed by atoms with Crippen molar-refractivity contribution < 1.29 is 13.6 Å².